The molecule has 0 spiro atoms. The Kier molecular flexibility index (Phi) is 9.31. The van der Waals surface area contributed by atoms with Gasteiger partial charge in [0.25, 0.3) is 0 Å². The Bertz CT molecular complexity index is 3020. The van der Waals surface area contributed by atoms with Crippen molar-refractivity contribution in [1.29, 1.82) is 0 Å². The molecule has 9 nitrogen and oxygen atoms in total. The van der Waals surface area contributed by atoms with E-state index >= 15 is 0 Å². The number of nitrogens with one attached hydrogen (secondary N) is 1. The van der Waals surface area contributed by atoms with E-state index in [9.17, 15) is 9.18 Å². The van der Waals surface area contributed by atoms with Crippen LogP contribution in [0.4, 0.5) is 4.39 Å². The fourth-order valence-electron chi connectivity index (χ4n) is 8.41. The van der Waals surface area contributed by atoms with E-state index < -0.39 is 0 Å². The molecule has 0 radical (unpaired) electrons. The number of H-pyrrole nitrogens is 1. The van der Waals surface area contributed by atoms with Crippen molar-refractivity contribution in [2.24, 2.45) is 11.5 Å². The molecule has 4 aromatic heterocycles. The van der Waals surface area contributed by atoms with Crippen LogP contribution in [0.5, 0.6) is 0 Å². The van der Waals surface area contributed by atoms with E-state index in [0.29, 0.717) is 5.65 Å². The van der Waals surface area contributed by atoms with Crippen LogP contribution in [0.25, 0.3) is 67.6 Å². The normalized spacial score (nSPS) is 15.2. The Morgan fingerprint density at radius 3 is 1.60 bits per heavy atom. The zero-order chi connectivity index (χ0) is 40.8. The lowest BCUT2D eigenvalue weighted by Crippen LogP contribution is -2.43. The molecule has 9 aromatic rings. The first-order valence-corrected chi connectivity index (χ1v) is 20.4. The highest BCUT2D eigenvalue weighted by Crippen LogP contribution is 2.41. The number of imidazole rings is 2. The molecule has 5 N–H and O–H groups in total. The van der Waals surface area contributed by atoms with Crippen molar-refractivity contribution in [3.05, 3.63) is 185 Å². The van der Waals surface area contributed by atoms with Crippen molar-refractivity contribution < 1.29 is 4.39 Å². The molecule has 4 heterocycles. The molecule has 0 aliphatic heterocycles. The van der Waals surface area contributed by atoms with Crippen LogP contribution in [0, 0.1) is 5.82 Å². The third-order valence-electron chi connectivity index (χ3n) is 12.2. The van der Waals surface area contributed by atoms with E-state index in [4.69, 9.17) is 21.5 Å². The van der Waals surface area contributed by atoms with Gasteiger partial charge in [-0.1, -0.05) is 109 Å². The fourth-order valence-corrected chi connectivity index (χ4v) is 8.41. The molecular formula is C50H43FN8O. The van der Waals surface area contributed by atoms with Gasteiger partial charge in [0.2, 0.25) is 11.1 Å². The number of nitrogens with two attached hydrogens (primary N) is 2. The standard InChI is InChI=1S/C28H23FN4.C22H20N4O/c29-23-13-9-19(10-14-23)24-15-16-25-31-26(27(33(25)32-24)21-5-2-1-3-6-21)20-7-11-22(12-8-20)28(30)17-4-18-28;23-22(12-4-13-22)17-9-7-15(8-10-17)19-20(16-5-2-1-3-6-16)26-21(25-19)18(27)11-14-24-26/h1-3,5-16H,4,17-18,30H2;1-3,5-11,14,24H,4,12-13,23H2. The Balaban J connectivity index is 0.000000147. The number of aromatic nitrogens is 6. The first-order chi connectivity index (χ1) is 29.3. The van der Waals surface area contributed by atoms with Crippen LogP contribution in [-0.4, -0.2) is 29.2 Å². The smallest absolute Gasteiger partial charge is 0.224 e. The average Bonchev–Trinajstić information content (AvgIpc) is 3.86. The highest BCUT2D eigenvalue weighted by atomic mass is 19.1. The third-order valence-corrected chi connectivity index (χ3v) is 12.2. The second-order valence-electron chi connectivity index (χ2n) is 16.0. The molecule has 2 aliphatic rings. The Morgan fingerprint density at radius 1 is 0.550 bits per heavy atom. The summed E-state index contributed by atoms with van der Waals surface area (Å²) >= 11 is 0. The molecule has 60 heavy (non-hydrogen) atoms. The minimum Gasteiger partial charge on any atom is -0.321 e. The van der Waals surface area contributed by atoms with Crippen molar-refractivity contribution in [3.63, 3.8) is 0 Å². The molecule has 5 aromatic carbocycles. The van der Waals surface area contributed by atoms with Gasteiger partial charge < -0.3 is 11.5 Å². The van der Waals surface area contributed by atoms with Crippen molar-refractivity contribution in [2.45, 2.75) is 49.6 Å². The number of nitrogens with zero attached hydrogens (tertiary/aromatic N) is 5. The maximum Gasteiger partial charge on any atom is 0.224 e. The summed E-state index contributed by atoms with van der Waals surface area (Å²) in [5.41, 5.74) is 25.1. The SMILES string of the molecule is NC1(c2ccc(-c3nc4c(=O)cc[nH]n4c3-c3ccccc3)cc2)CCC1.NC1(c2ccc(-c3nc4ccc(-c5ccc(F)cc5)nn4c3-c3ccccc3)cc2)CCC1. The maximum absolute atomic E-state index is 13.4. The number of aromatic amines is 1. The Labute approximate surface area is 346 Å². The summed E-state index contributed by atoms with van der Waals surface area (Å²) in [6.45, 7) is 0. The molecule has 0 amide bonds. The van der Waals surface area contributed by atoms with Crippen molar-refractivity contribution in [2.75, 3.05) is 0 Å². The molecule has 2 aliphatic carbocycles. The second kappa shape index (κ2) is 15.0. The summed E-state index contributed by atoms with van der Waals surface area (Å²) in [7, 11) is 0. The van der Waals surface area contributed by atoms with Crippen LogP contribution in [-0.2, 0) is 11.1 Å². The van der Waals surface area contributed by atoms with E-state index in [1.165, 1.54) is 42.2 Å². The zero-order valence-corrected chi connectivity index (χ0v) is 32.9. The molecule has 0 saturated heterocycles. The largest absolute Gasteiger partial charge is 0.321 e. The van der Waals surface area contributed by atoms with Gasteiger partial charge in [-0.05, 0) is 86.1 Å². The minimum absolute atomic E-state index is 0.107. The number of rotatable bonds is 7. The molecule has 2 fully saturated rings. The quantitative estimate of drug-likeness (QED) is 0.147. The van der Waals surface area contributed by atoms with Gasteiger partial charge in [0.1, 0.15) is 11.5 Å². The number of fused-ring (bicyclic) bond motifs is 2. The second-order valence-corrected chi connectivity index (χ2v) is 16.0. The van der Waals surface area contributed by atoms with E-state index in [2.05, 4.69) is 70.7 Å². The maximum atomic E-state index is 13.4. The van der Waals surface area contributed by atoms with Crippen LogP contribution in [0.15, 0.2) is 163 Å². The van der Waals surface area contributed by atoms with E-state index in [0.717, 1.165) is 87.6 Å². The lowest BCUT2D eigenvalue weighted by Gasteiger charge is -2.38. The van der Waals surface area contributed by atoms with Crippen LogP contribution in [0.2, 0.25) is 0 Å². The molecule has 10 heteroatoms. The number of halogens is 1. The van der Waals surface area contributed by atoms with Crippen LogP contribution < -0.4 is 16.9 Å². The third kappa shape index (κ3) is 6.69. The van der Waals surface area contributed by atoms with Crippen molar-refractivity contribution >= 4 is 11.3 Å². The lowest BCUT2D eigenvalue weighted by molar-refractivity contribution is 0.253. The number of hydrogen-bond acceptors (Lipinski definition) is 6. The summed E-state index contributed by atoms with van der Waals surface area (Å²) in [4.78, 5) is 21.9. The van der Waals surface area contributed by atoms with Gasteiger partial charge in [-0.25, -0.2) is 23.4 Å². The van der Waals surface area contributed by atoms with E-state index in [1.54, 1.807) is 22.8 Å². The van der Waals surface area contributed by atoms with Gasteiger partial charge in [0.05, 0.1) is 22.8 Å². The van der Waals surface area contributed by atoms with E-state index in [-0.39, 0.29) is 22.3 Å². The molecule has 0 bridgehead atoms. The van der Waals surface area contributed by atoms with Crippen LogP contribution >= 0.6 is 0 Å². The molecular weight excluding hydrogens is 748 g/mol. The Hall–Kier alpha value is -7.01. The minimum atomic E-state index is -0.265. The number of hydrogen-bond donors (Lipinski definition) is 3. The highest BCUT2D eigenvalue weighted by Gasteiger charge is 2.35. The van der Waals surface area contributed by atoms with E-state index in [1.807, 2.05) is 65.2 Å². The predicted molar refractivity (Wildman–Crippen MR) is 235 cm³/mol. The molecule has 2 saturated carbocycles. The Morgan fingerprint density at radius 2 is 1.07 bits per heavy atom. The molecule has 11 rings (SSSR count). The van der Waals surface area contributed by atoms with Crippen LogP contribution in [0.3, 0.4) is 0 Å². The first kappa shape index (κ1) is 37.3. The summed E-state index contributed by atoms with van der Waals surface area (Å²) in [5, 5.41) is 8.03. The van der Waals surface area contributed by atoms with Gasteiger partial charge in [-0.15, -0.1) is 0 Å². The lowest BCUT2D eigenvalue weighted by atomic mass is 9.72. The van der Waals surface area contributed by atoms with Gasteiger partial charge in [0, 0.05) is 51.2 Å². The summed E-state index contributed by atoms with van der Waals surface area (Å²) in [6.07, 6.45) is 8.15. The van der Waals surface area contributed by atoms with Gasteiger partial charge >= 0.3 is 0 Å². The number of benzene rings is 5. The van der Waals surface area contributed by atoms with Gasteiger partial charge in [-0.2, -0.15) is 5.10 Å². The fraction of sp³-hybridized carbons (Fsp3) is 0.160. The summed E-state index contributed by atoms with van der Waals surface area (Å²) in [6, 6.07) is 48.7. The van der Waals surface area contributed by atoms with Crippen molar-refractivity contribution in [3.8, 4) is 56.3 Å². The summed E-state index contributed by atoms with van der Waals surface area (Å²) in [5.74, 6) is -0.265. The predicted octanol–water partition coefficient (Wildman–Crippen LogP) is 9.90. The van der Waals surface area contributed by atoms with Crippen LogP contribution in [0.1, 0.15) is 49.7 Å². The topological polar surface area (TPSA) is 132 Å². The van der Waals surface area contributed by atoms with Gasteiger partial charge in [-0.3, -0.25) is 9.89 Å². The average molecular weight is 791 g/mol. The first-order valence-electron chi connectivity index (χ1n) is 20.4. The van der Waals surface area contributed by atoms with Gasteiger partial charge in [0.15, 0.2) is 5.65 Å². The highest BCUT2D eigenvalue weighted by molar-refractivity contribution is 5.83. The monoisotopic (exact) mass is 790 g/mol. The van der Waals surface area contributed by atoms with Crippen molar-refractivity contribution in [1.82, 2.24) is 29.2 Å². The molecule has 0 atom stereocenters. The molecule has 296 valence electrons. The molecule has 0 unspecified atom stereocenters. The summed E-state index contributed by atoms with van der Waals surface area (Å²) < 4.78 is 17.1. The zero-order valence-electron chi connectivity index (χ0n) is 32.9.